The van der Waals surface area contributed by atoms with Crippen LogP contribution in [0.2, 0.25) is 0 Å². The quantitative estimate of drug-likeness (QED) is 0.662. The van der Waals surface area contributed by atoms with Gasteiger partial charge in [-0.05, 0) is 25.8 Å². The van der Waals surface area contributed by atoms with Gasteiger partial charge in [0.2, 0.25) is 0 Å². The van der Waals surface area contributed by atoms with Crippen LogP contribution in [0, 0.1) is 5.92 Å². The van der Waals surface area contributed by atoms with Gasteiger partial charge in [-0.2, -0.15) is 0 Å². The Hall–Kier alpha value is -0.0900. The third-order valence-electron chi connectivity index (χ3n) is 2.06. The largest absolute Gasteiger partial charge is 0.315 e. The maximum Gasteiger partial charge on any atom is 0.151 e. The number of rotatable bonds is 6. The van der Waals surface area contributed by atoms with Crippen molar-refractivity contribution in [1.29, 1.82) is 0 Å². The van der Waals surface area contributed by atoms with Crippen molar-refractivity contribution in [2.45, 2.75) is 32.4 Å². The molecule has 13 heavy (non-hydrogen) atoms. The van der Waals surface area contributed by atoms with E-state index in [0.717, 1.165) is 13.0 Å². The Morgan fingerprint density at radius 1 is 1.23 bits per heavy atom. The lowest BCUT2D eigenvalue weighted by Gasteiger charge is -2.11. The van der Waals surface area contributed by atoms with Gasteiger partial charge in [0, 0.05) is 12.8 Å². The standard InChI is InChI=1S/C9H21NO2S/c1-8(2)5-6-10-7-9(3)13(4,11)12/h8-10H,5-7H2,1-4H3. The molecule has 0 aromatic carbocycles. The normalized spacial score (nSPS) is 14.8. The van der Waals surface area contributed by atoms with Crippen molar-refractivity contribution >= 4 is 9.84 Å². The molecule has 0 spiro atoms. The molecule has 4 heteroatoms. The smallest absolute Gasteiger partial charge is 0.151 e. The van der Waals surface area contributed by atoms with Crippen LogP contribution in [0.15, 0.2) is 0 Å². The topological polar surface area (TPSA) is 46.2 Å². The van der Waals surface area contributed by atoms with Crippen LogP contribution in [-0.2, 0) is 9.84 Å². The van der Waals surface area contributed by atoms with Gasteiger partial charge >= 0.3 is 0 Å². The van der Waals surface area contributed by atoms with E-state index in [9.17, 15) is 8.42 Å². The minimum atomic E-state index is -2.87. The Balaban J connectivity index is 3.55. The minimum absolute atomic E-state index is 0.278. The molecule has 0 rings (SSSR count). The summed E-state index contributed by atoms with van der Waals surface area (Å²) in [5.41, 5.74) is 0. The summed E-state index contributed by atoms with van der Waals surface area (Å²) in [6, 6.07) is 0. The SMILES string of the molecule is CC(C)CCNCC(C)S(C)(=O)=O. The average Bonchev–Trinajstić information content (AvgIpc) is 1.95. The fraction of sp³-hybridized carbons (Fsp3) is 1.00. The van der Waals surface area contributed by atoms with E-state index in [1.807, 2.05) is 0 Å². The zero-order chi connectivity index (χ0) is 10.5. The van der Waals surface area contributed by atoms with E-state index in [4.69, 9.17) is 0 Å². The summed E-state index contributed by atoms with van der Waals surface area (Å²) in [4.78, 5) is 0. The summed E-state index contributed by atoms with van der Waals surface area (Å²) < 4.78 is 22.0. The van der Waals surface area contributed by atoms with Crippen molar-refractivity contribution < 1.29 is 8.42 Å². The van der Waals surface area contributed by atoms with Crippen molar-refractivity contribution in [3.05, 3.63) is 0 Å². The van der Waals surface area contributed by atoms with E-state index < -0.39 is 9.84 Å². The first-order chi connectivity index (χ1) is 5.84. The van der Waals surface area contributed by atoms with E-state index in [-0.39, 0.29) is 5.25 Å². The molecule has 0 aliphatic heterocycles. The summed E-state index contributed by atoms with van der Waals surface area (Å²) in [5.74, 6) is 0.668. The monoisotopic (exact) mass is 207 g/mol. The first kappa shape index (κ1) is 12.9. The first-order valence-corrected chi connectivity index (χ1v) is 6.69. The average molecular weight is 207 g/mol. The highest BCUT2D eigenvalue weighted by Crippen LogP contribution is 1.98. The predicted molar refractivity (Wildman–Crippen MR) is 56.6 cm³/mol. The third kappa shape index (κ3) is 7.02. The van der Waals surface area contributed by atoms with E-state index >= 15 is 0 Å². The van der Waals surface area contributed by atoms with Gasteiger partial charge in [0.1, 0.15) is 0 Å². The zero-order valence-corrected chi connectivity index (χ0v) is 9.82. The molecule has 0 heterocycles. The first-order valence-electron chi connectivity index (χ1n) is 4.73. The van der Waals surface area contributed by atoms with Gasteiger partial charge in [0.15, 0.2) is 9.84 Å². The molecule has 1 N–H and O–H groups in total. The van der Waals surface area contributed by atoms with E-state index in [0.29, 0.717) is 12.5 Å². The maximum atomic E-state index is 11.0. The van der Waals surface area contributed by atoms with Gasteiger partial charge < -0.3 is 5.32 Å². The maximum absolute atomic E-state index is 11.0. The van der Waals surface area contributed by atoms with Gasteiger partial charge in [-0.15, -0.1) is 0 Å². The Morgan fingerprint density at radius 2 is 1.77 bits per heavy atom. The molecule has 0 aromatic rings. The Morgan fingerprint density at radius 3 is 2.15 bits per heavy atom. The predicted octanol–water partition coefficient (Wildman–Crippen LogP) is 1.06. The highest BCUT2D eigenvalue weighted by Gasteiger charge is 2.13. The van der Waals surface area contributed by atoms with Crippen LogP contribution in [0.5, 0.6) is 0 Å². The van der Waals surface area contributed by atoms with Crippen LogP contribution in [-0.4, -0.2) is 33.0 Å². The molecule has 0 aromatic heterocycles. The molecule has 1 atom stereocenters. The minimum Gasteiger partial charge on any atom is -0.315 e. The second-order valence-corrected chi connectivity index (χ2v) is 6.49. The highest BCUT2D eigenvalue weighted by atomic mass is 32.2. The van der Waals surface area contributed by atoms with Crippen LogP contribution in [0.3, 0.4) is 0 Å². The van der Waals surface area contributed by atoms with Crippen LogP contribution in [0.4, 0.5) is 0 Å². The Kier molecular flexibility index (Phi) is 5.56. The molecule has 0 radical (unpaired) electrons. The highest BCUT2D eigenvalue weighted by molar-refractivity contribution is 7.91. The van der Waals surface area contributed by atoms with E-state index in [2.05, 4.69) is 19.2 Å². The molecule has 0 amide bonds. The molecule has 1 unspecified atom stereocenters. The summed E-state index contributed by atoms with van der Waals surface area (Å²) >= 11 is 0. The molecule has 80 valence electrons. The summed E-state index contributed by atoms with van der Waals surface area (Å²) in [6.45, 7) is 7.50. The second-order valence-electron chi connectivity index (χ2n) is 4.03. The molecular formula is C9H21NO2S. The van der Waals surface area contributed by atoms with Gasteiger partial charge in [-0.3, -0.25) is 0 Å². The molecule has 0 aliphatic carbocycles. The molecule has 0 saturated carbocycles. The second kappa shape index (κ2) is 5.60. The van der Waals surface area contributed by atoms with Crippen molar-refractivity contribution in [2.75, 3.05) is 19.3 Å². The summed E-state index contributed by atoms with van der Waals surface area (Å²) in [7, 11) is -2.87. The summed E-state index contributed by atoms with van der Waals surface area (Å²) in [5, 5.41) is 2.87. The lowest BCUT2D eigenvalue weighted by molar-refractivity contribution is 0.530. The lowest BCUT2D eigenvalue weighted by atomic mass is 10.1. The fourth-order valence-corrected chi connectivity index (χ4v) is 1.27. The summed E-state index contributed by atoms with van der Waals surface area (Å²) in [6.07, 6.45) is 2.37. The Bertz CT molecular complexity index is 222. The zero-order valence-electron chi connectivity index (χ0n) is 9.00. The molecule has 0 bridgehead atoms. The van der Waals surface area contributed by atoms with E-state index in [1.54, 1.807) is 6.92 Å². The number of nitrogens with one attached hydrogen (secondary N) is 1. The van der Waals surface area contributed by atoms with Crippen LogP contribution < -0.4 is 5.32 Å². The van der Waals surface area contributed by atoms with Gasteiger partial charge in [0.25, 0.3) is 0 Å². The fourth-order valence-electron chi connectivity index (χ4n) is 0.847. The Labute approximate surface area is 81.8 Å². The molecule has 0 aliphatic rings. The van der Waals surface area contributed by atoms with Crippen molar-refractivity contribution in [2.24, 2.45) is 5.92 Å². The van der Waals surface area contributed by atoms with Gasteiger partial charge in [-0.25, -0.2) is 8.42 Å². The van der Waals surface area contributed by atoms with Crippen LogP contribution in [0.25, 0.3) is 0 Å². The van der Waals surface area contributed by atoms with Crippen molar-refractivity contribution in [3.63, 3.8) is 0 Å². The molecule has 0 fully saturated rings. The molecular weight excluding hydrogens is 186 g/mol. The van der Waals surface area contributed by atoms with Crippen molar-refractivity contribution in [1.82, 2.24) is 5.32 Å². The van der Waals surface area contributed by atoms with Gasteiger partial charge in [-0.1, -0.05) is 13.8 Å². The van der Waals surface area contributed by atoms with Gasteiger partial charge in [0.05, 0.1) is 5.25 Å². The number of hydrogen-bond acceptors (Lipinski definition) is 3. The third-order valence-corrected chi connectivity index (χ3v) is 3.69. The number of hydrogen-bond donors (Lipinski definition) is 1. The van der Waals surface area contributed by atoms with Crippen LogP contribution in [0.1, 0.15) is 27.2 Å². The van der Waals surface area contributed by atoms with Crippen LogP contribution >= 0.6 is 0 Å². The van der Waals surface area contributed by atoms with E-state index in [1.165, 1.54) is 6.26 Å². The molecule has 3 nitrogen and oxygen atoms in total. The van der Waals surface area contributed by atoms with Crippen molar-refractivity contribution in [3.8, 4) is 0 Å². The molecule has 0 saturated heterocycles. The lowest BCUT2D eigenvalue weighted by Crippen LogP contribution is -2.31. The number of sulfone groups is 1.